The van der Waals surface area contributed by atoms with Crippen LogP contribution in [0.4, 0.5) is 5.82 Å². The number of hydrogen-bond donors (Lipinski definition) is 1. The number of aromatic nitrogens is 1. The van der Waals surface area contributed by atoms with Gasteiger partial charge in [0, 0.05) is 59.4 Å². The molecule has 3 heterocycles. The number of piperazine rings is 1. The van der Waals surface area contributed by atoms with E-state index in [1.165, 1.54) is 5.56 Å². The van der Waals surface area contributed by atoms with Gasteiger partial charge in [0.25, 0.3) is 0 Å². The van der Waals surface area contributed by atoms with Gasteiger partial charge >= 0.3 is 0 Å². The molecule has 2 aliphatic heterocycles. The van der Waals surface area contributed by atoms with Crippen LogP contribution in [0.2, 0.25) is 5.02 Å². The number of pyridine rings is 1. The van der Waals surface area contributed by atoms with Crippen LogP contribution in [0.25, 0.3) is 0 Å². The van der Waals surface area contributed by atoms with Crippen molar-refractivity contribution in [2.45, 2.75) is 49.7 Å². The van der Waals surface area contributed by atoms with Gasteiger partial charge in [-0.15, -0.1) is 0 Å². The molecule has 5 rings (SSSR count). The molecule has 0 spiro atoms. The number of nitrogens with one attached hydrogen (secondary N) is 1. The van der Waals surface area contributed by atoms with Gasteiger partial charge in [-0.3, -0.25) is 4.79 Å². The maximum Gasteiger partial charge on any atom is 0.223 e. The highest BCUT2D eigenvalue weighted by molar-refractivity contribution is 9.10. The molecule has 2 bridgehead atoms. The predicted octanol–water partition coefficient (Wildman–Crippen LogP) is 4.22. The first-order chi connectivity index (χ1) is 15.5. The smallest absolute Gasteiger partial charge is 0.223 e. The van der Waals surface area contributed by atoms with Crippen LogP contribution < -0.4 is 10.2 Å². The molecule has 1 aromatic carbocycles. The Morgan fingerprint density at radius 3 is 2.59 bits per heavy atom. The number of nitrogens with zero attached hydrogens (tertiary/aromatic N) is 4. The molecule has 1 amide bonds. The van der Waals surface area contributed by atoms with Crippen molar-refractivity contribution in [3.05, 3.63) is 57.2 Å². The lowest BCUT2D eigenvalue weighted by atomic mass is 10.0. The molecule has 1 aliphatic carbocycles. The molecular weight excluding hydrogens is 490 g/mol. The van der Waals surface area contributed by atoms with Gasteiger partial charge in [0.15, 0.2) is 0 Å². The molecule has 3 aliphatic rings. The van der Waals surface area contributed by atoms with E-state index in [2.05, 4.69) is 43.3 Å². The van der Waals surface area contributed by atoms with Crippen molar-refractivity contribution in [2.24, 2.45) is 0 Å². The summed E-state index contributed by atoms with van der Waals surface area (Å²) in [5, 5.41) is 13.4. The van der Waals surface area contributed by atoms with Gasteiger partial charge in [-0.25, -0.2) is 4.98 Å². The summed E-state index contributed by atoms with van der Waals surface area (Å²) < 4.78 is 0.981. The second-order valence-corrected chi connectivity index (χ2v) is 10.4. The van der Waals surface area contributed by atoms with E-state index in [9.17, 15) is 4.79 Å². The highest BCUT2D eigenvalue weighted by atomic mass is 79.9. The SMILES string of the molecule is N#Cc1ccc(N2C3CCC2CN(C(=O)CCNC2(c4cc(Cl)cc(Br)c4)CC2)C3)nc1. The Kier molecular flexibility index (Phi) is 5.87. The lowest BCUT2D eigenvalue weighted by Gasteiger charge is -2.42. The number of anilines is 1. The summed E-state index contributed by atoms with van der Waals surface area (Å²) >= 11 is 9.76. The average molecular weight is 515 g/mol. The summed E-state index contributed by atoms with van der Waals surface area (Å²) in [7, 11) is 0. The van der Waals surface area contributed by atoms with Crippen LogP contribution in [0.15, 0.2) is 41.0 Å². The van der Waals surface area contributed by atoms with E-state index in [1.807, 2.05) is 29.2 Å². The first kappa shape index (κ1) is 21.7. The third-order valence-corrected chi connectivity index (χ3v) is 7.62. The fourth-order valence-electron chi connectivity index (χ4n) is 5.18. The van der Waals surface area contributed by atoms with Gasteiger partial charge in [0.1, 0.15) is 11.9 Å². The Labute approximate surface area is 201 Å². The maximum absolute atomic E-state index is 13.0. The Hall–Kier alpha value is -2.14. The molecule has 2 saturated heterocycles. The van der Waals surface area contributed by atoms with E-state index in [0.717, 1.165) is 54.1 Å². The zero-order valence-corrected chi connectivity index (χ0v) is 20.1. The van der Waals surface area contributed by atoms with Gasteiger partial charge in [-0.1, -0.05) is 27.5 Å². The van der Waals surface area contributed by atoms with E-state index in [1.54, 1.807) is 6.20 Å². The molecule has 6 nitrogen and oxygen atoms in total. The van der Waals surface area contributed by atoms with E-state index >= 15 is 0 Å². The molecule has 8 heteroatoms. The molecule has 166 valence electrons. The molecule has 2 unspecified atom stereocenters. The van der Waals surface area contributed by atoms with Crippen LogP contribution in [0.3, 0.4) is 0 Å². The Morgan fingerprint density at radius 1 is 1.25 bits per heavy atom. The number of nitriles is 1. The molecule has 0 radical (unpaired) electrons. The van der Waals surface area contributed by atoms with Gasteiger partial charge in [-0.2, -0.15) is 5.26 Å². The minimum absolute atomic E-state index is 0.0489. The molecule has 2 atom stereocenters. The van der Waals surface area contributed by atoms with Crippen molar-refractivity contribution < 1.29 is 4.79 Å². The van der Waals surface area contributed by atoms with Gasteiger partial charge in [0.05, 0.1) is 5.56 Å². The fraction of sp³-hybridized carbons (Fsp3) is 0.458. The van der Waals surface area contributed by atoms with Crippen LogP contribution >= 0.6 is 27.5 Å². The fourth-order valence-corrected chi connectivity index (χ4v) is 6.04. The second-order valence-electron chi connectivity index (χ2n) is 9.02. The number of amides is 1. The summed E-state index contributed by atoms with van der Waals surface area (Å²) in [6.07, 6.45) is 6.40. The zero-order chi connectivity index (χ0) is 22.3. The number of hydrogen-bond acceptors (Lipinski definition) is 5. The molecule has 1 aromatic heterocycles. The summed E-state index contributed by atoms with van der Waals surface area (Å²) in [5.41, 5.74) is 1.71. The van der Waals surface area contributed by atoms with Gasteiger partial charge < -0.3 is 15.1 Å². The summed E-state index contributed by atoms with van der Waals surface area (Å²) in [5.74, 6) is 1.12. The van der Waals surface area contributed by atoms with Crippen molar-refractivity contribution in [1.29, 1.82) is 5.26 Å². The number of likely N-dealkylation sites (tertiary alicyclic amines) is 1. The molecule has 2 aromatic rings. The molecule has 1 N–H and O–H groups in total. The summed E-state index contributed by atoms with van der Waals surface area (Å²) in [4.78, 5) is 21.8. The highest BCUT2D eigenvalue weighted by Crippen LogP contribution is 2.46. The number of benzene rings is 1. The van der Waals surface area contributed by atoms with Crippen LogP contribution in [-0.4, -0.2) is 47.5 Å². The van der Waals surface area contributed by atoms with Gasteiger partial charge in [-0.05, 0) is 61.6 Å². The van der Waals surface area contributed by atoms with Crippen LogP contribution in [-0.2, 0) is 10.3 Å². The van der Waals surface area contributed by atoms with E-state index in [4.69, 9.17) is 16.9 Å². The normalized spacial score (nSPS) is 23.2. The predicted molar refractivity (Wildman–Crippen MR) is 128 cm³/mol. The Bertz CT molecular complexity index is 1030. The minimum atomic E-state index is -0.0489. The van der Waals surface area contributed by atoms with Gasteiger partial charge in [0.2, 0.25) is 5.91 Å². The zero-order valence-electron chi connectivity index (χ0n) is 17.7. The molecule has 3 fully saturated rings. The average Bonchev–Trinajstić information content (AvgIpc) is 3.52. The molecular formula is C24H25BrClN5O. The van der Waals surface area contributed by atoms with Crippen LogP contribution in [0.5, 0.6) is 0 Å². The second kappa shape index (κ2) is 8.66. The Morgan fingerprint density at radius 2 is 2.00 bits per heavy atom. The maximum atomic E-state index is 13.0. The third-order valence-electron chi connectivity index (χ3n) is 6.94. The van der Waals surface area contributed by atoms with Crippen molar-refractivity contribution >= 4 is 39.3 Å². The summed E-state index contributed by atoms with van der Waals surface area (Å²) in [6.45, 7) is 2.14. The van der Waals surface area contributed by atoms with Crippen molar-refractivity contribution in [2.75, 3.05) is 24.5 Å². The number of fused-ring (bicyclic) bond motifs is 2. The standard InChI is InChI=1S/C24H25BrClN5O/c25-18-9-17(10-19(26)11-18)24(6-7-24)29-8-5-23(32)30-14-20-2-3-21(15-30)31(20)22-4-1-16(12-27)13-28-22/h1,4,9-11,13,20-21,29H,2-3,5-8,14-15H2. The Balaban J connectivity index is 1.17. The number of rotatable bonds is 6. The lowest BCUT2D eigenvalue weighted by molar-refractivity contribution is -0.132. The number of carbonyl (C=O) groups excluding carboxylic acids is 1. The van der Waals surface area contributed by atoms with Crippen LogP contribution in [0.1, 0.15) is 43.2 Å². The van der Waals surface area contributed by atoms with Crippen molar-refractivity contribution in [3.8, 4) is 6.07 Å². The monoisotopic (exact) mass is 513 g/mol. The highest BCUT2D eigenvalue weighted by Gasteiger charge is 2.45. The largest absolute Gasteiger partial charge is 0.347 e. The van der Waals surface area contributed by atoms with Crippen molar-refractivity contribution in [1.82, 2.24) is 15.2 Å². The lowest BCUT2D eigenvalue weighted by Crippen LogP contribution is -2.56. The quantitative estimate of drug-likeness (QED) is 0.625. The van der Waals surface area contributed by atoms with E-state index in [-0.39, 0.29) is 11.4 Å². The number of carbonyl (C=O) groups is 1. The molecule has 1 saturated carbocycles. The first-order valence-corrected chi connectivity index (χ1v) is 12.3. The van der Waals surface area contributed by atoms with Crippen molar-refractivity contribution in [3.63, 3.8) is 0 Å². The van der Waals surface area contributed by atoms with Crippen LogP contribution in [0, 0.1) is 11.3 Å². The van der Waals surface area contributed by atoms with E-state index < -0.39 is 0 Å². The summed E-state index contributed by atoms with van der Waals surface area (Å²) in [6, 6.07) is 12.5. The number of halogens is 2. The molecule has 32 heavy (non-hydrogen) atoms. The topological polar surface area (TPSA) is 72.3 Å². The first-order valence-electron chi connectivity index (χ1n) is 11.1. The third kappa shape index (κ3) is 4.24. The van der Waals surface area contributed by atoms with E-state index in [0.29, 0.717) is 30.6 Å². The minimum Gasteiger partial charge on any atom is -0.347 e.